The number of anilines is 3. The lowest BCUT2D eigenvalue weighted by atomic mass is 9.80. The molecule has 1 aliphatic carbocycles. The van der Waals surface area contributed by atoms with Gasteiger partial charge in [-0.2, -0.15) is 0 Å². The van der Waals surface area contributed by atoms with Gasteiger partial charge in [-0.05, 0) is 144 Å². The molecule has 0 aliphatic heterocycles. The minimum absolute atomic E-state index is 0.245. The van der Waals surface area contributed by atoms with Crippen LogP contribution in [0.3, 0.4) is 0 Å². The van der Waals surface area contributed by atoms with E-state index in [1.54, 1.807) is 0 Å². The maximum Gasteiger partial charge on any atom is 0.0541 e. The van der Waals surface area contributed by atoms with Crippen LogP contribution in [-0.4, -0.2) is 4.57 Å². The standard InChI is InChI=1S/C65H46N2/c1-65(2)59-41-46(64-57-25-11-9-23-55(57)63(56-24-10-12-26-58(56)64)45-31-29-44(30-32-45)43-17-5-3-6-18-43)33-39-51(59)52-40-38-50(42-60(52)65)66(47-19-7-4-8-20-47)48-34-36-49(37-35-48)67-61-27-15-13-21-53(61)54-22-14-16-28-62(54)67/h3-42H,1-2H3. The number of hydrogen-bond acceptors (Lipinski definition) is 1. The SMILES string of the molecule is CC1(C)c2cc(-c3c4ccccc4c(-c4ccc(-c5ccccc5)cc4)c4ccccc34)ccc2-c2ccc(N(c3ccccc3)c3ccc(-n4c5ccccc5c5ccccc54)cc3)cc21. The first kappa shape index (κ1) is 39.0. The Labute approximate surface area is 391 Å². The average Bonchev–Trinajstić information content (AvgIpc) is 3.84. The van der Waals surface area contributed by atoms with E-state index in [2.05, 4.69) is 266 Å². The molecule has 0 amide bonds. The van der Waals surface area contributed by atoms with E-state index < -0.39 is 0 Å². The highest BCUT2D eigenvalue weighted by atomic mass is 15.1. The summed E-state index contributed by atoms with van der Waals surface area (Å²) in [6.07, 6.45) is 0. The van der Waals surface area contributed by atoms with Crippen molar-refractivity contribution < 1.29 is 0 Å². The smallest absolute Gasteiger partial charge is 0.0541 e. The summed E-state index contributed by atoms with van der Waals surface area (Å²) in [4.78, 5) is 2.40. The number of fused-ring (bicyclic) bond motifs is 8. The number of rotatable bonds is 7. The zero-order valence-corrected chi connectivity index (χ0v) is 37.5. The molecule has 0 saturated carbocycles. The predicted molar refractivity (Wildman–Crippen MR) is 284 cm³/mol. The molecule has 0 bridgehead atoms. The Balaban J connectivity index is 0.900. The second-order valence-corrected chi connectivity index (χ2v) is 18.5. The normalized spacial score (nSPS) is 12.7. The molecule has 67 heavy (non-hydrogen) atoms. The van der Waals surface area contributed by atoms with Crippen molar-refractivity contribution in [3.05, 3.63) is 254 Å². The Bertz CT molecular complexity index is 3750. The van der Waals surface area contributed by atoms with Gasteiger partial charge < -0.3 is 9.47 Å². The van der Waals surface area contributed by atoms with Crippen LogP contribution in [0.1, 0.15) is 25.0 Å². The molecule has 2 nitrogen and oxygen atoms in total. The molecule has 1 aromatic heterocycles. The predicted octanol–water partition coefficient (Wildman–Crippen LogP) is 17.9. The van der Waals surface area contributed by atoms with Gasteiger partial charge in [-0.3, -0.25) is 0 Å². The molecule has 0 N–H and O–H groups in total. The molecule has 13 rings (SSSR count). The molecule has 0 radical (unpaired) electrons. The van der Waals surface area contributed by atoms with Crippen molar-refractivity contribution in [2.75, 3.05) is 4.90 Å². The van der Waals surface area contributed by atoms with Gasteiger partial charge >= 0.3 is 0 Å². The highest BCUT2D eigenvalue weighted by Crippen LogP contribution is 2.53. The Kier molecular flexibility index (Phi) is 8.91. The summed E-state index contributed by atoms with van der Waals surface area (Å²) in [5.74, 6) is 0. The summed E-state index contributed by atoms with van der Waals surface area (Å²) >= 11 is 0. The van der Waals surface area contributed by atoms with Gasteiger partial charge in [-0.15, -0.1) is 0 Å². The van der Waals surface area contributed by atoms with Crippen LogP contribution in [0.15, 0.2) is 243 Å². The summed E-state index contributed by atoms with van der Waals surface area (Å²) in [6.45, 7) is 4.80. The van der Waals surface area contributed by atoms with E-state index in [1.807, 2.05) is 0 Å². The second kappa shape index (κ2) is 15.3. The topological polar surface area (TPSA) is 8.17 Å². The monoisotopic (exact) mass is 854 g/mol. The Hall–Kier alpha value is -8.46. The van der Waals surface area contributed by atoms with Crippen LogP contribution in [0, 0.1) is 0 Å². The molecule has 1 heterocycles. The quantitative estimate of drug-likeness (QED) is 0.145. The van der Waals surface area contributed by atoms with E-state index in [0.717, 1.165) is 22.7 Å². The third-order valence-electron chi connectivity index (χ3n) is 14.4. The zero-order valence-electron chi connectivity index (χ0n) is 37.5. The van der Waals surface area contributed by atoms with Gasteiger partial charge in [0.2, 0.25) is 0 Å². The molecule has 12 aromatic rings. The van der Waals surface area contributed by atoms with E-state index in [0.29, 0.717) is 0 Å². The maximum atomic E-state index is 2.49. The van der Waals surface area contributed by atoms with E-state index in [4.69, 9.17) is 0 Å². The van der Waals surface area contributed by atoms with Crippen LogP contribution in [0.4, 0.5) is 17.1 Å². The van der Waals surface area contributed by atoms with Gasteiger partial charge in [0.1, 0.15) is 0 Å². The number of nitrogens with zero attached hydrogens (tertiary/aromatic N) is 2. The summed E-state index contributed by atoms with van der Waals surface area (Å²) in [5, 5.41) is 7.59. The fourth-order valence-corrected chi connectivity index (χ4v) is 11.2. The summed E-state index contributed by atoms with van der Waals surface area (Å²) < 4.78 is 2.38. The van der Waals surface area contributed by atoms with Crippen molar-refractivity contribution in [3.8, 4) is 50.2 Å². The summed E-state index contributed by atoms with van der Waals surface area (Å²) in [7, 11) is 0. The van der Waals surface area contributed by atoms with Gasteiger partial charge in [0, 0.05) is 38.9 Å². The first-order valence-electron chi connectivity index (χ1n) is 23.3. The Morgan fingerprint density at radius 2 is 0.716 bits per heavy atom. The van der Waals surface area contributed by atoms with Gasteiger partial charge in [-0.1, -0.05) is 190 Å². The Morgan fingerprint density at radius 3 is 1.30 bits per heavy atom. The fraction of sp³-hybridized carbons (Fsp3) is 0.0462. The molecule has 1 aliphatic rings. The van der Waals surface area contributed by atoms with Crippen molar-refractivity contribution >= 4 is 60.4 Å². The van der Waals surface area contributed by atoms with Crippen LogP contribution >= 0.6 is 0 Å². The van der Waals surface area contributed by atoms with E-state index in [1.165, 1.54) is 99.0 Å². The minimum Gasteiger partial charge on any atom is -0.310 e. The third-order valence-corrected chi connectivity index (χ3v) is 14.4. The lowest BCUT2D eigenvalue weighted by Gasteiger charge is -2.28. The molecule has 0 fully saturated rings. The molecule has 0 unspecified atom stereocenters. The van der Waals surface area contributed by atoms with Crippen molar-refractivity contribution in [2.45, 2.75) is 19.3 Å². The fourth-order valence-electron chi connectivity index (χ4n) is 11.2. The van der Waals surface area contributed by atoms with Crippen molar-refractivity contribution in [3.63, 3.8) is 0 Å². The molecule has 0 spiro atoms. The minimum atomic E-state index is -0.245. The average molecular weight is 855 g/mol. The van der Waals surface area contributed by atoms with Crippen LogP contribution in [0.2, 0.25) is 0 Å². The molecule has 0 saturated heterocycles. The number of aromatic nitrogens is 1. The second-order valence-electron chi connectivity index (χ2n) is 18.5. The van der Waals surface area contributed by atoms with E-state index >= 15 is 0 Å². The maximum absolute atomic E-state index is 2.49. The molecule has 11 aromatic carbocycles. The molecular formula is C65H46N2. The first-order valence-corrected chi connectivity index (χ1v) is 23.3. The van der Waals surface area contributed by atoms with Gasteiger partial charge in [-0.25, -0.2) is 0 Å². The van der Waals surface area contributed by atoms with Crippen LogP contribution in [-0.2, 0) is 5.41 Å². The van der Waals surface area contributed by atoms with Gasteiger partial charge in [0.25, 0.3) is 0 Å². The zero-order chi connectivity index (χ0) is 44.6. The molecular weight excluding hydrogens is 809 g/mol. The first-order chi connectivity index (χ1) is 33.0. The lowest BCUT2D eigenvalue weighted by molar-refractivity contribution is 0.660. The van der Waals surface area contributed by atoms with Gasteiger partial charge in [0.05, 0.1) is 11.0 Å². The van der Waals surface area contributed by atoms with Crippen molar-refractivity contribution in [1.29, 1.82) is 0 Å². The largest absolute Gasteiger partial charge is 0.310 e. The highest BCUT2D eigenvalue weighted by Gasteiger charge is 2.36. The Morgan fingerprint density at radius 1 is 0.313 bits per heavy atom. The number of para-hydroxylation sites is 3. The van der Waals surface area contributed by atoms with Crippen molar-refractivity contribution in [1.82, 2.24) is 4.57 Å². The summed E-state index contributed by atoms with van der Waals surface area (Å²) in [5.41, 5.74) is 19.5. The number of benzene rings is 11. The van der Waals surface area contributed by atoms with Crippen molar-refractivity contribution in [2.24, 2.45) is 0 Å². The molecule has 2 heteroatoms. The number of hydrogen-bond donors (Lipinski definition) is 0. The highest BCUT2D eigenvalue weighted by molar-refractivity contribution is 6.21. The van der Waals surface area contributed by atoms with Gasteiger partial charge in [0.15, 0.2) is 0 Å². The third kappa shape index (κ3) is 6.18. The van der Waals surface area contributed by atoms with E-state index in [-0.39, 0.29) is 5.41 Å². The van der Waals surface area contributed by atoms with E-state index in [9.17, 15) is 0 Å². The lowest BCUT2D eigenvalue weighted by Crippen LogP contribution is -2.16. The summed E-state index contributed by atoms with van der Waals surface area (Å²) in [6, 6.07) is 89.3. The molecule has 316 valence electrons. The van der Waals surface area contributed by atoms with Crippen LogP contribution < -0.4 is 4.90 Å². The van der Waals surface area contributed by atoms with Crippen LogP contribution in [0.25, 0.3) is 93.5 Å². The van der Waals surface area contributed by atoms with Crippen LogP contribution in [0.5, 0.6) is 0 Å². The molecule has 0 atom stereocenters.